The first-order valence-electron chi connectivity index (χ1n) is 35.8. The van der Waals surface area contributed by atoms with Crippen LogP contribution in [0.15, 0.2) is 24.3 Å². The Labute approximate surface area is 493 Å². The Bertz CT molecular complexity index is 1270. The number of hydrogen-bond acceptors (Lipinski definition) is 6. The van der Waals surface area contributed by atoms with Crippen LogP contribution in [0.3, 0.4) is 0 Å². The molecule has 0 heterocycles. The molecule has 0 aliphatic rings. The Balaban J connectivity index is 4.21. The molecule has 0 fully saturated rings. The third kappa shape index (κ3) is 66.6. The molecule has 6 nitrogen and oxygen atoms in total. The maximum Gasteiger partial charge on any atom is 0.306 e. The fourth-order valence-corrected chi connectivity index (χ4v) is 11.0. The van der Waals surface area contributed by atoms with Crippen molar-refractivity contribution < 1.29 is 28.6 Å². The van der Waals surface area contributed by atoms with Gasteiger partial charge < -0.3 is 14.2 Å². The summed E-state index contributed by atoms with van der Waals surface area (Å²) in [5.74, 6) is -0.853. The molecule has 79 heavy (non-hydrogen) atoms. The second kappa shape index (κ2) is 68.4. The van der Waals surface area contributed by atoms with Gasteiger partial charge in [-0.3, -0.25) is 14.4 Å². The standard InChI is InChI=1S/C73H138O6/c1-4-7-10-13-16-19-22-25-28-30-32-33-34-35-36-37-38-39-40-41-43-45-48-51-54-57-60-63-66-72(75)78-69-70(68-77-71(74)65-62-59-56-53-50-47-44-27-24-21-18-15-12-9-6-3)79-73(76)67-64-61-58-55-52-49-46-42-31-29-26-23-20-17-14-11-8-5-2/h27,29,31,44,70H,4-26,28,30,32-43,45-69H2,1-3H3/b31-29-,44-27-. The predicted octanol–water partition coefficient (Wildman–Crippen LogP) is 24.6. The van der Waals surface area contributed by atoms with Crippen molar-refractivity contribution in [3.05, 3.63) is 24.3 Å². The molecular formula is C73H138O6. The Hall–Kier alpha value is -2.11. The van der Waals surface area contributed by atoms with Crippen LogP contribution in [0, 0.1) is 0 Å². The van der Waals surface area contributed by atoms with Crippen LogP contribution >= 0.6 is 0 Å². The molecule has 0 amide bonds. The fourth-order valence-electron chi connectivity index (χ4n) is 11.0. The Morgan fingerprint density at radius 2 is 0.418 bits per heavy atom. The van der Waals surface area contributed by atoms with E-state index < -0.39 is 6.10 Å². The topological polar surface area (TPSA) is 78.9 Å². The molecule has 0 saturated carbocycles. The lowest BCUT2D eigenvalue weighted by Crippen LogP contribution is -2.30. The maximum atomic E-state index is 12.9. The zero-order valence-electron chi connectivity index (χ0n) is 53.7. The first-order valence-corrected chi connectivity index (χ1v) is 35.8. The van der Waals surface area contributed by atoms with E-state index in [1.807, 2.05) is 0 Å². The Morgan fingerprint density at radius 1 is 0.241 bits per heavy atom. The first kappa shape index (κ1) is 76.9. The Morgan fingerprint density at radius 3 is 0.633 bits per heavy atom. The minimum Gasteiger partial charge on any atom is -0.462 e. The van der Waals surface area contributed by atoms with E-state index in [4.69, 9.17) is 14.2 Å². The molecule has 0 aliphatic heterocycles. The summed E-state index contributed by atoms with van der Waals surface area (Å²) in [6, 6.07) is 0. The smallest absolute Gasteiger partial charge is 0.306 e. The molecule has 0 bridgehead atoms. The van der Waals surface area contributed by atoms with Crippen LogP contribution in [0.2, 0.25) is 0 Å². The summed E-state index contributed by atoms with van der Waals surface area (Å²) in [7, 11) is 0. The number of unbranched alkanes of at least 4 members (excludes halogenated alkanes) is 52. The summed E-state index contributed by atoms with van der Waals surface area (Å²) >= 11 is 0. The second-order valence-electron chi connectivity index (χ2n) is 24.5. The van der Waals surface area contributed by atoms with Crippen LogP contribution in [-0.4, -0.2) is 37.2 Å². The van der Waals surface area contributed by atoms with E-state index in [-0.39, 0.29) is 31.1 Å². The van der Waals surface area contributed by atoms with E-state index in [2.05, 4.69) is 45.1 Å². The number of esters is 3. The molecule has 0 aromatic heterocycles. The lowest BCUT2D eigenvalue weighted by Gasteiger charge is -2.18. The van der Waals surface area contributed by atoms with Crippen LogP contribution in [-0.2, 0) is 28.6 Å². The van der Waals surface area contributed by atoms with Gasteiger partial charge in [0.25, 0.3) is 0 Å². The lowest BCUT2D eigenvalue weighted by molar-refractivity contribution is -0.167. The number of allylic oxidation sites excluding steroid dienone is 4. The van der Waals surface area contributed by atoms with Crippen molar-refractivity contribution in [1.29, 1.82) is 0 Å². The summed E-state index contributed by atoms with van der Waals surface area (Å²) < 4.78 is 17.0. The highest BCUT2D eigenvalue weighted by atomic mass is 16.6. The molecule has 0 aliphatic carbocycles. The van der Waals surface area contributed by atoms with Gasteiger partial charge in [0.1, 0.15) is 13.2 Å². The van der Waals surface area contributed by atoms with Crippen LogP contribution in [0.1, 0.15) is 406 Å². The van der Waals surface area contributed by atoms with Crippen molar-refractivity contribution >= 4 is 17.9 Å². The van der Waals surface area contributed by atoms with Gasteiger partial charge in [0.05, 0.1) is 0 Å². The largest absolute Gasteiger partial charge is 0.462 e. The van der Waals surface area contributed by atoms with E-state index in [0.717, 1.165) is 64.2 Å². The van der Waals surface area contributed by atoms with Crippen LogP contribution < -0.4 is 0 Å². The van der Waals surface area contributed by atoms with Gasteiger partial charge in [-0.25, -0.2) is 0 Å². The highest BCUT2D eigenvalue weighted by molar-refractivity contribution is 5.71. The van der Waals surface area contributed by atoms with Crippen molar-refractivity contribution in [2.75, 3.05) is 13.2 Å². The molecule has 6 heteroatoms. The molecule has 0 rings (SSSR count). The van der Waals surface area contributed by atoms with E-state index in [1.165, 1.54) is 302 Å². The average Bonchev–Trinajstić information content (AvgIpc) is 3.45. The fraction of sp³-hybridized carbons (Fsp3) is 0.904. The molecule has 0 aromatic rings. The minimum atomic E-state index is -0.775. The van der Waals surface area contributed by atoms with E-state index in [9.17, 15) is 14.4 Å². The summed E-state index contributed by atoms with van der Waals surface area (Å²) in [5.41, 5.74) is 0. The van der Waals surface area contributed by atoms with Gasteiger partial charge in [-0.2, -0.15) is 0 Å². The van der Waals surface area contributed by atoms with Crippen LogP contribution in [0.25, 0.3) is 0 Å². The van der Waals surface area contributed by atoms with Gasteiger partial charge in [-0.05, 0) is 70.6 Å². The van der Waals surface area contributed by atoms with Crippen molar-refractivity contribution in [1.82, 2.24) is 0 Å². The molecule has 0 spiro atoms. The van der Waals surface area contributed by atoms with E-state index >= 15 is 0 Å². The monoisotopic (exact) mass is 1110 g/mol. The van der Waals surface area contributed by atoms with Gasteiger partial charge in [0.15, 0.2) is 6.10 Å². The third-order valence-electron chi connectivity index (χ3n) is 16.4. The van der Waals surface area contributed by atoms with Crippen LogP contribution in [0.4, 0.5) is 0 Å². The van der Waals surface area contributed by atoms with E-state index in [0.29, 0.717) is 19.3 Å². The molecule has 0 saturated heterocycles. The molecule has 1 unspecified atom stereocenters. The van der Waals surface area contributed by atoms with Gasteiger partial charge in [-0.15, -0.1) is 0 Å². The highest BCUT2D eigenvalue weighted by Crippen LogP contribution is 2.19. The summed E-state index contributed by atoms with van der Waals surface area (Å²) in [4.78, 5) is 38.4. The zero-order chi connectivity index (χ0) is 57.1. The average molecular weight is 1110 g/mol. The van der Waals surface area contributed by atoms with Gasteiger partial charge in [0.2, 0.25) is 0 Å². The molecule has 1 atom stereocenters. The maximum absolute atomic E-state index is 12.9. The summed E-state index contributed by atoms with van der Waals surface area (Å²) in [6.07, 6.45) is 83.6. The number of rotatable bonds is 67. The number of carbonyl (C=O) groups is 3. The highest BCUT2D eigenvalue weighted by Gasteiger charge is 2.19. The van der Waals surface area contributed by atoms with Crippen molar-refractivity contribution in [2.24, 2.45) is 0 Å². The van der Waals surface area contributed by atoms with Gasteiger partial charge in [-0.1, -0.05) is 340 Å². The third-order valence-corrected chi connectivity index (χ3v) is 16.4. The second-order valence-corrected chi connectivity index (χ2v) is 24.5. The summed E-state index contributed by atoms with van der Waals surface area (Å²) in [5, 5.41) is 0. The number of ether oxygens (including phenoxy) is 3. The lowest BCUT2D eigenvalue weighted by atomic mass is 10.0. The SMILES string of the molecule is CCCCCCCC/C=C\CCCCCCCC(=O)OCC(COC(=O)CCCCCCCCCCCCCCCCCCCCCCCCCCCCCC)OC(=O)CCCCCCCCC/C=C\CCCCCCCCC. The molecule has 0 N–H and O–H groups in total. The number of carbonyl (C=O) groups excluding carboxylic acids is 3. The zero-order valence-corrected chi connectivity index (χ0v) is 53.7. The molecular weight excluding hydrogens is 973 g/mol. The van der Waals surface area contributed by atoms with Crippen molar-refractivity contribution in [3.8, 4) is 0 Å². The van der Waals surface area contributed by atoms with Crippen LogP contribution in [0.5, 0.6) is 0 Å². The molecule has 0 aromatic carbocycles. The molecule has 0 radical (unpaired) electrons. The summed E-state index contributed by atoms with van der Waals surface area (Å²) in [6.45, 7) is 6.70. The van der Waals surface area contributed by atoms with Gasteiger partial charge in [0, 0.05) is 19.3 Å². The first-order chi connectivity index (χ1) is 39.0. The Kier molecular flexibility index (Phi) is 66.6. The van der Waals surface area contributed by atoms with Crippen molar-refractivity contribution in [2.45, 2.75) is 412 Å². The van der Waals surface area contributed by atoms with Crippen molar-refractivity contribution in [3.63, 3.8) is 0 Å². The minimum absolute atomic E-state index is 0.0703. The quantitative estimate of drug-likeness (QED) is 0.0261. The number of hydrogen-bond donors (Lipinski definition) is 0. The molecule has 466 valence electrons. The van der Waals surface area contributed by atoms with E-state index in [1.54, 1.807) is 0 Å². The predicted molar refractivity (Wildman–Crippen MR) is 344 cm³/mol. The normalized spacial score (nSPS) is 12.1. The van der Waals surface area contributed by atoms with Gasteiger partial charge >= 0.3 is 17.9 Å².